The fraction of sp³-hybridized carbons (Fsp3) is 0.929. The molecule has 3 heteroatoms. The van der Waals surface area contributed by atoms with E-state index in [1.54, 1.807) is 0 Å². The lowest BCUT2D eigenvalue weighted by Crippen LogP contribution is -2.31. The topological polar surface area (TPSA) is 40.5 Å². The van der Waals surface area contributed by atoms with E-state index in [0.29, 0.717) is 0 Å². The monoisotopic (exact) mass is 243 g/mol. The van der Waals surface area contributed by atoms with E-state index in [4.69, 9.17) is 5.11 Å². The van der Waals surface area contributed by atoms with Crippen LogP contribution in [0.25, 0.3) is 0 Å². The Balaban J connectivity index is 3.43. The van der Waals surface area contributed by atoms with Gasteiger partial charge in [0, 0.05) is 0 Å². The van der Waals surface area contributed by atoms with Crippen LogP contribution in [0.2, 0.25) is 0 Å². The molecule has 0 aliphatic rings. The lowest BCUT2D eigenvalue weighted by Gasteiger charge is -2.19. The van der Waals surface area contributed by atoms with E-state index in [0.717, 1.165) is 25.9 Å². The van der Waals surface area contributed by atoms with Crippen molar-refractivity contribution < 1.29 is 9.90 Å². The normalized spacial score (nSPS) is 11.0. The Labute approximate surface area is 106 Å². The number of hydrogen-bond acceptors (Lipinski definition) is 2. The second-order valence-corrected chi connectivity index (χ2v) is 4.79. The van der Waals surface area contributed by atoms with Crippen LogP contribution in [0.4, 0.5) is 0 Å². The molecule has 0 aromatic heterocycles. The summed E-state index contributed by atoms with van der Waals surface area (Å²) in [6.45, 7) is 6.37. The first-order valence-electron chi connectivity index (χ1n) is 7.14. The van der Waals surface area contributed by atoms with Gasteiger partial charge in [0.2, 0.25) is 0 Å². The molecule has 3 nitrogen and oxygen atoms in total. The molecule has 0 heterocycles. The molecule has 0 aliphatic heterocycles. The Bertz CT molecular complexity index is 183. The summed E-state index contributed by atoms with van der Waals surface area (Å²) in [6, 6.07) is 0. The molecule has 102 valence electrons. The quantitative estimate of drug-likeness (QED) is 0.533. The van der Waals surface area contributed by atoms with Crippen LogP contribution in [0.3, 0.4) is 0 Å². The third kappa shape index (κ3) is 11.7. The van der Waals surface area contributed by atoms with Gasteiger partial charge in [0.1, 0.15) is 0 Å². The van der Waals surface area contributed by atoms with E-state index in [1.165, 1.54) is 38.5 Å². The molecule has 0 unspecified atom stereocenters. The second-order valence-electron chi connectivity index (χ2n) is 4.79. The highest BCUT2D eigenvalue weighted by atomic mass is 16.4. The molecule has 0 saturated carbocycles. The number of carboxylic acid groups (broad SMARTS) is 1. The van der Waals surface area contributed by atoms with E-state index < -0.39 is 5.97 Å². The maximum Gasteiger partial charge on any atom is 0.317 e. The van der Waals surface area contributed by atoms with E-state index in [9.17, 15) is 4.79 Å². The van der Waals surface area contributed by atoms with Gasteiger partial charge in [0.15, 0.2) is 0 Å². The summed E-state index contributed by atoms with van der Waals surface area (Å²) in [6.07, 6.45) is 10.0. The average Bonchev–Trinajstić information content (AvgIpc) is 2.27. The predicted molar refractivity (Wildman–Crippen MR) is 72.4 cm³/mol. The van der Waals surface area contributed by atoms with Crippen LogP contribution < -0.4 is 0 Å². The number of rotatable bonds is 12. The fourth-order valence-corrected chi connectivity index (χ4v) is 2.07. The highest BCUT2D eigenvalue weighted by molar-refractivity contribution is 5.69. The minimum Gasteiger partial charge on any atom is -0.480 e. The van der Waals surface area contributed by atoms with Gasteiger partial charge in [-0.2, -0.15) is 0 Å². The SMILES string of the molecule is CCCCCCCCCN(CCC)CC(=O)O. The predicted octanol–water partition coefficient (Wildman–Crippen LogP) is 3.53. The van der Waals surface area contributed by atoms with Gasteiger partial charge in [-0.15, -0.1) is 0 Å². The van der Waals surface area contributed by atoms with Crippen LogP contribution in [0.15, 0.2) is 0 Å². The maximum absolute atomic E-state index is 10.6. The van der Waals surface area contributed by atoms with Crippen LogP contribution in [-0.4, -0.2) is 35.6 Å². The molecule has 0 aromatic carbocycles. The van der Waals surface area contributed by atoms with E-state index >= 15 is 0 Å². The number of hydrogen-bond donors (Lipinski definition) is 1. The third-order valence-electron chi connectivity index (χ3n) is 2.98. The van der Waals surface area contributed by atoms with Crippen molar-refractivity contribution >= 4 is 5.97 Å². The molecule has 0 saturated heterocycles. The second kappa shape index (κ2) is 11.9. The minimum absolute atomic E-state index is 0.198. The first kappa shape index (κ1) is 16.4. The molecule has 0 atom stereocenters. The Kier molecular flexibility index (Phi) is 11.5. The van der Waals surface area contributed by atoms with Crippen molar-refractivity contribution in [2.75, 3.05) is 19.6 Å². The van der Waals surface area contributed by atoms with Gasteiger partial charge in [0.25, 0.3) is 0 Å². The molecule has 0 fully saturated rings. The number of unbranched alkanes of at least 4 members (excludes halogenated alkanes) is 6. The van der Waals surface area contributed by atoms with Gasteiger partial charge in [0.05, 0.1) is 6.54 Å². The minimum atomic E-state index is -0.707. The molecule has 0 bridgehead atoms. The highest BCUT2D eigenvalue weighted by Gasteiger charge is 2.07. The zero-order valence-corrected chi connectivity index (χ0v) is 11.6. The van der Waals surface area contributed by atoms with Crippen LogP contribution in [0, 0.1) is 0 Å². The van der Waals surface area contributed by atoms with E-state index in [1.807, 2.05) is 4.90 Å². The van der Waals surface area contributed by atoms with Gasteiger partial charge in [-0.05, 0) is 25.9 Å². The lowest BCUT2D eigenvalue weighted by molar-refractivity contribution is -0.138. The van der Waals surface area contributed by atoms with Crippen molar-refractivity contribution in [3.8, 4) is 0 Å². The number of carbonyl (C=O) groups is 1. The van der Waals surface area contributed by atoms with Gasteiger partial charge in [-0.1, -0.05) is 52.4 Å². The summed E-state index contributed by atoms with van der Waals surface area (Å²) in [7, 11) is 0. The molecular weight excluding hydrogens is 214 g/mol. The van der Waals surface area contributed by atoms with Gasteiger partial charge >= 0.3 is 5.97 Å². The van der Waals surface area contributed by atoms with Crippen molar-refractivity contribution in [1.82, 2.24) is 4.90 Å². The number of aliphatic carboxylic acids is 1. The maximum atomic E-state index is 10.6. The molecule has 17 heavy (non-hydrogen) atoms. The molecule has 0 spiro atoms. The van der Waals surface area contributed by atoms with Crippen molar-refractivity contribution in [1.29, 1.82) is 0 Å². The first-order valence-corrected chi connectivity index (χ1v) is 7.14. The van der Waals surface area contributed by atoms with Gasteiger partial charge in [-0.25, -0.2) is 0 Å². The molecule has 0 radical (unpaired) electrons. The number of nitrogens with zero attached hydrogens (tertiary/aromatic N) is 1. The summed E-state index contributed by atoms with van der Waals surface area (Å²) < 4.78 is 0. The molecule has 0 amide bonds. The molecular formula is C14H29NO2. The lowest BCUT2D eigenvalue weighted by atomic mass is 10.1. The van der Waals surface area contributed by atoms with Crippen LogP contribution in [0.5, 0.6) is 0 Å². The van der Waals surface area contributed by atoms with E-state index in [2.05, 4.69) is 13.8 Å². The molecule has 0 aromatic rings. The van der Waals surface area contributed by atoms with Gasteiger partial charge in [-0.3, -0.25) is 9.69 Å². The van der Waals surface area contributed by atoms with Crippen LogP contribution in [0.1, 0.15) is 65.2 Å². The zero-order chi connectivity index (χ0) is 12.9. The van der Waals surface area contributed by atoms with Crippen molar-refractivity contribution in [2.45, 2.75) is 65.2 Å². The van der Waals surface area contributed by atoms with E-state index in [-0.39, 0.29) is 6.54 Å². The van der Waals surface area contributed by atoms with Gasteiger partial charge < -0.3 is 5.11 Å². The molecule has 0 aliphatic carbocycles. The zero-order valence-electron chi connectivity index (χ0n) is 11.6. The third-order valence-corrected chi connectivity index (χ3v) is 2.98. The summed E-state index contributed by atoms with van der Waals surface area (Å²) in [4.78, 5) is 12.7. The summed E-state index contributed by atoms with van der Waals surface area (Å²) >= 11 is 0. The van der Waals surface area contributed by atoms with Crippen LogP contribution in [-0.2, 0) is 4.79 Å². The molecule has 0 rings (SSSR count). The fourth-order valence-electron chi connectivity index (χ4n) is 2.07. The van der Waals surface area contributed by atoms with Crippen LogP contribution >= 0.6 is 0 Å². The van der Waals surface area contributed by atoms with Crippen molar-refractivity contribution in [2.24, 2.45) is 0 Å². The van der Waals surface area contributed by atoms with Crippen molar-refractivity contribution in [3.05, 3.63) is 0 Å². The number of carboxylic acids is 1. The summed E-state index contributed by atoms with van der Waals surface area (Å²) in [5, 5.41) is 8.77. The Hall–Kier alpha value is -0.570. The van der Waals surface area contributed by atoms with Crippen molar-refractivity contribution in [3.63, 3.8) is 0 Å². The largest absolute Gasteiger partial charge is 0.480 e. The Morgan fingerprint density at radius 2 is 1.47 bits per heavy atom. The first-order chi connectivity index (χ1) is 8.20. The summed E-state index contributed by atoms with van der Waals surface area (Å²) in [5.74, 6) is -0.707. The standard InChI is InChI=1S/C14H29NO2/c1-3-5-6-7-8-9-10-12-15(11-4-2)13-14(16)17/h3-13H2,1-2H3,(H,16,17). The highest BCUT2D eigenvalue weighted by Crippen LogP contribution is 2.07. The smallest absolute Gasteiger partial charge is 0.317 e. The average molecular weight is 243 g/mol. The Morgan fingerprint density at radius 1 is 0.882 bits per heavy atom. The summed E-state index contributed by atoms with van der Waals surface area (Å²) in [5.41, 5.74) is 0. The molecule has 1 N–H and O–H groups in total. The Morgan fingerprint density at radius 3 is 2.00 bits per heavy atom.